The summed E-state index contributed by atoms with van der Waals surface area (Å²) in [6, 6.07) is 11.2. The predicted molar refractivity (Wildman–Crippen MR) is 87.3 cm³/mol. The van der Waals surface area contributed by atoms with Crippen molar-refractivity contribution < 1.29 is 13.9 Å². The average Bonchev–Trinajstić information content (AvgIpc) is 2.46. The molecule has 2 aromatic carbocycles. The summed E-state index contributed by atoms with van der Waals surface area (Å²) in [5.41, 5.74) is 0.529. The molecule has 0 radical (unpaired) electrons. The molecule has 0 atom stereocenters. The number of carbonyl (C=O) groups is 1. The Hall–Kier alpha value is -1.20. The van der Waals surface area contributed by atoms with Crippen molar-refractivity contribution in [2.75, 3.05) is 6.61 Å². The van der Waals surface area contributed by atoms with Crippen LogP contribution in [0.15, 0.2) is 51.4 Å². The maximum absolute atomic E-state index is 12.8. The molecule has 21 heavy (non-hydrogen) atoms. The maximum Gasteiger partial charge on any atom is 0.163 e. The molecule has 0 bridgehead atoms. The lowest BCUT2D eigenvalue weighted by atomic mass is 10.1. The number of hydrogen-bond donors (Lipinski definition) is 0. The first kappa shape index (κ1) is 16.2. The molecule has 2 nitrogen and oxygen atoms in total. The Morgan fingerprint density at radius 1 is 1.10 bits per heavy atom. The smallest absolute Gasteiger partial charge is 0.163 e. The van der Waals surface area contributed by atoms with Gasteiger partial charge in [0.1, 0.15) is 11.6 Å². The highest BCUT2D eigenvalue weighted by molar-refractivity contribution is 9.11. The quantitative estimate of drug-likeness (QED) is 0.466. The fourth-order valence-electron chi connectivity index (χ4n) is 1.79. The van der Waals surface area contributed by atoms with E-state index in [1.807, 2.05) is 18.2 Å². The van der Waals surface area contributed by atoms with Crippen LogP contribution < -0.4 is 4.74 Å². The molecule has 0 aliphatic carbocycles. The first-order chi connectivity index (χ1) is 10.1. The van der Waals surface area contributed by atoms with E-state index in [1.54, 1.807) is 0 Å². The van der Waals surface area contributed by atoms with E-state index in [9.17, 15) is 9.18 Å². The van der Waals surface area contributed by atoms with Crippen LogP contribution in [0.25, 0.3) is 0 Å². The van der Waals surface area contributed by atoms with E-state index in [0.717, 1.165) is 14.7 Å². The van der Waals surface area contributed by atoms with E-state index in [-0.39, 0.29) is 11.6 Å². The molecular weight excluding hydrogens is 403 g/mol. The number of carbonyl (C=O) groups excluding carboxylic acids is 1. The summed E-state index contributed by atoms with van der Waals surface area (Å²) in [5.74, 6) is 0.399. The second-order valence-corrected chi connectivity index (χ2v) is 6.23. The van der Waals surface area contributed by atoms with E-state index in [2.05, 4.69) is 31.9 Å². The van der Waals surface area contributed by atoms with Crippen molar-refractivity contribution in [3.05, 3.63) is 62.8 Å². The molecule has 0 fully saturated rings. The molecule has 0 spiro atoms. The van der Waals surface area contributed by atoms with Gasteiger partial charge in [-0.15, -0.1) is 0 Å². The van der Waals surface area contributed by atoms with Gasteiger partial charge in [-0.25, -0.2) is 4.39 Å². The van der Waals surface area contributed by atoms with Crippen LogP contribution in [0, 0.1) is 5.82 Å². The molecule has 2 rings (SSSR count). The minimum absolute atomic E-state index is 0.00604. The molecule has 0 aliphatic heterocycles. The number of ether oxygens (including phenoxy) is 1. The topological polar surface area (TPSA) is 26.3 Å². The Balaban J connectivity index is 1.79. The molecule has 0 aromatic heterocycles. The van der Waals surface area contributed by atoms with Crippen LogP contribution in [0.4, 0.5) is 4.39 Å². The normalized spacial score (nSPS) is 10.4. The highest BCUT2D eigenvalue weighted by atomic mass is 79.9. The number of hydrogen-bond acceptors (Lipinski definition) is 2. The fraction of sp³-hybridized carbons (Fsp3) is 0.188. The van der Waals surface area contributed by atoms with Crippen molar-refractivity contribution in [2.24, 2.45) is 0 Å². The van der Waals surface area contributed by atoms with Gasteiger partial charge >= 0.3 is 0 Å². The lowest BCUT2D eigenvalue weighted by Gasteiger charge is -2.08. The third-order valence-electron chi connectivity index (χ3n) is 2.87. The molecule has 5 heteroatoms. The fourth-order valence-corrected chi connectivity index (χ4v) is 2.95. The van der Waals surface area contributed by atoms with E-state index >= 15 is 0 Å². The summed E-state index contributed by atoms with van der Waals surface area (Å²) < 4.78 is 20.2. The zero-order valence-electron chi connectivity index (χ0n) is 11.1. The van der Waals surface area contributed by atoms with Crippen molar-refractivity contribution in [1.29, 1.82) is 0 Å². The molecule has 0 saturated heterocycles. The van der Waals surface area contributed by atoms with Gasteiger partial charge in [0.25, 0.3) is 0 Å². The Morgan fingerprint density at radius 3 is 2.48 bits per heavy atom. The summed E-state index contributed by atoms with van der Waals surface area (Å²) in [5, 5.41) is 0. The molecule has 0 unspecified atom stereocenters. The Bertz CT molecular complexity index is 627. The summed E-state index contributed by atoms with van der Waals surface area (Å²) in [7, 11) is 0. The van der Waals surface area contributed by atoms with E-state index in [0.29, 0.717) is 25.0 Å². The van der Waals surface area contributed by atoms with Gasteiger partial charge in [-0.3, -0.25) is 4.79 Å². The average molecular weight is 416 g/mol. The molecule has 2 aromatic rings. The lowest BCUT2D eigenvalue weighted by Crippen LogP contribution is -2.04. The summed E-state index contributed by atoms with van der Waals surface area (Å²) in [6.45, 7) is 0.452. The number of benzene rings is 2. The molecule has 0 aliphatic rings. The highest BCUT2D eigenvalue weighted by Crippen LogP contribution is 2.28. The van der Waals surface area contributed by atoms with Gasteiger partial charge in [-0.05, 0) is 64.8 Å². The Labute approximate surface area is 139 Å². The summed E-state index contributed by atoms with van der Waals surface area (Å²) in [6.07, 6.45) is 0.985. The second kappa shape index (κ2) is 7.71. The van der Waals surface area contributed by atoms with Crippen molar-refractivity contribution in [1.82, 2.24) is 0 Å². The zero-order chi connectivity index (χ0) is 15.2. The Kier molecular flexibility index (Phi) is 5.94. The summed E-state index contributed by atoms with van der Waals surface area (Å²) in [4.78, 5) is 11.9. The van der Waals surface area contributed by atoms with Gasteiger partial charge in [0.15, 0.2) is 5.78 Å². The number of ketones is 1. The van der Waals surface area contributed by atoms with Gasteiger partial charge < -0.3 is 4.74 Å². The van der Waals surface area contributed by atoms with Gasteiger partial charge in [-0.1, -0.05) is 15.9 Å². The molecular formula is C16H13Br2FO2. The number of Topliss-reactive ketones (excluding diaryl/α,β-unsaturated/α-hetero) is 1. The van der Waals surface area contributed by atoms with Crippen LogP contribution in [0.5, 0.6) is 5.75 Å². The predicted octanol–water partition coefficient (Wildman–Crippen LogP) is 5.39. The third-order valence-corrected chi connectivity index (χ3v) is 3.98. The largest absolute Gasteiger partial charge is 0.492 e. The van der Waals surface area contributed by atoms with E-state index in [1.165, 1.54) is 24.3 Å². The molecule has 0 amide bonds. The van der Waals surface area contributed by atoms with Gasteiger partial charge in [0, 0.05) is 16.5 Å². The molecule has 110 valence electrons. The van der Waals surface area contributed by atoms with Gasteiger partial charge in [-0.2, -0.15) is 0 Å². The minimum Gasteiger partial charge on any atom is -0.492 e. The van der Waals surface area contributed by atoms with Crippen molar-refractivity contribution in [2.45, 2.75) is 12.8 Å². The van der Waals surface area contributed by atoms with Crippen LogP contribution in [-0.4, -0.2) is 12.4 Å². The first-order valence-electron chi connectivity index (χ1n) is 6.43. The number of rotatable bonds is 6. The number of halogens is 3. The monoisotopic (exact) mass is 414 g/mol. The van der Waals surface area contributed by atoms with E-state index in [4.69, 9.17) is 4.74 Å². The standard InChI is InChI=1S/C16H13Br2FO2/c17-12-5-8-16(14(18)10-12)21-9-1-2-15(20)11-3-6-13(19)7-4-11/h3-8,10H,1-2,9H2. The minimum atomic E-state index is -0.338. The highest BCUT2D eigenvalue weighted by Gasteiger charge is 2.06. The van der Waals surface area contributed by atoms with Crippen LogP contribution >= 0.6 is 31.9 Å². The molecule has 0 saturated carbocycles. The summed E-state index contributed by atoms with van der Waals surface area (Å²) >= 11 is 6.79. The Morgan fingerprint density at radius 2 is 1.81 bits per heavy atom. The van der Waals surface area contributed by atoms with Crippen molar-refractivity contribution in [3.63, 3.8) is 0 Å². The van der Waals surface area contributed by atoms with Crippen LogP contribution in [0.3, 0.4) is 0 Å². The van der Waals surface area contributed by atoms with Crippen LogP contribution in [-0.2, 0) is 0 Å². The van der Waals surface area contributed by atoms with Crippen LogP contribution in [0.2, 0.25) is 0 Å². The van der Waals surface area contributed by atoms with Crippen molar-refractivity contribution in [3.8, 4) is 5.75 Å². The SMILES string of the molecule is O=C(CCCOc1ccc(Br)cc1Br)c1ccc(F)cc1. The van der Waals surface area contributed by atoms with E-state index < -0.39 is 0 Å². The maximum atomic E-state index is 12.8. The third kappa shape index (κ3) is 4.93. The zero-order valence-corrected chi connectivity index (χ0v) is 14.3. The van der Waals surface area contributed by atoms with Crippen molar-refractivity contribution >= 4 is 37.6 Å². The molecule has 0 N–H and O–H groups in total. The lowest BCUT2D eigenvalue weighted by molar-refractivity contribution is 0.0973. The first-order valence-corrected chi connectivity index (χ1v) is 8.01. The van der Waals surface area contributed by atoms with Crippen LogP contribution in [0.1, 0.15) is 23.2 Å². The second-order valence-electron chi connectivity index (χ2n) is 4.46. The van der Waals surface area contributed by atoms with Gasteiger partial charge in [0.05, 0.1) is 11.1 Å². The molecule has 0 heterocycles. The van der Waals surface area contributed by atoms with Gasteiger partial charge in [0.2, 0.25) is 0 Å².